The minimum atomic E-state index is -0.331. The molecular weight excluding hydrogens is 540 g/mol. The van der Waals surface area contributed by atoms with E-state index in [1.807, 2.05) is 36.4 Å². The number of carbonyl (C=O) groups excluding carboxylic acids is 4. The molecular formula is C35H28N4O4. The highest BCUT2D eigenvalue weighted by atomic mass is 16.2. The van der Waals surface area contributed by atoms with E-state index < -0.39 is 0 Å². The Hall–Kier alpha value is -6.02. The highest BCUT2D eigenvalue weighted by molar-refractivity contribution is 6.07. The Balaban J connectivity index is 1.10. The van der Waals surface area contributed by atoms with Gasteiger partial charge < -0.3 is 21.3 Å². The van der Waals surface area contributed by atoms with Crippen LogP contribution in [0.15, 0.2) is 133 Å². The normalized spacial score (nSPS) is 10.3. The van der Waals surface area contributed by atoms with E-state index in [2.05, 4.69) is 21.3 Å². The van der Waals surface area contributed by atoms with Gasteiger partial charge in [-0.3, -0.25) is 19.2 Å². The monoisotopic (exact) mass is 568 g/mol. The van der Waals surface area contributed by atoms with E-state index in [0.717, 1.165) is 5.56 Å². The molecule has 212 valence electrons. The van der Waals surface area contributed by atoms with Gasteiger partial charge in [0, 0.05) is 45.9 Å². The molecule has 0 radical (unpaired) electrons. The maximum atomic E-state index is 12.7. The van der Waals surface area contributed by atoms with Crippen LogP contribution in [0.4, 0.5) is 17.1 Å². The van der Waals surface area contributed by atoms with Gasteiger partial charge in [0.2, 0.25) is 0 Å². The number of hydrogen-bond acceptors (Lipinski definition) is 4. The van der Waals surface area contributed by atoms with Crippen molar-refractivity contribution in [2.24, 2.45) is 0 Å². The second-order valence-corrected chi connectivity index (χ2v) is 9.63. The summed E-state index contributed by atoms with van der Waals surface area (Å²) in [6.45, 7) is 0.362. The lowest BCUT2D eigenvalue weighted by molar-refractivity contribution is 0.0949. The molecule has 0 heterocycles. The van der Waals surface area contributed by atoms with Gasteiger partial charge in [-0.05, 0) is 90.5 Å². The first kappa shape index (κ1) is 28.5. The molecule has 0 aromatic heterocycles. The van der Waals surface area contributed by atoms with Gasteiger partial charge in [0.05, 0.1) is 0 Å². The molecule has 5 rings (SSSR count). The Bertz CT molecular complexity index is 1720. The number of amides is 4. The van der Waals surface area contributed by atoms with E-state index in [-0.39, 0.29) is 23.6 Å². The molecule has 0 bridgehead atoms. The number of nitrogens with one attached hydrogen (secondary N) is 4. The van der Waals surface area contributed by atoms with Gasteiger partial charge in [-0.25, -0.2) is 0 Å². The number of rotatable bonds is 9. The lowest BCUT2D eigenvalue weighted by Crippen LogP contribution is -2.22. The molecule has 0 saturated carbocycles. The molecule has 5 aromatic carbocycles. The molecule has 4 N–H and O–H groups in total. The average Bonchev–Trinajstić information content (AvgIpc) is 3.06. The smallest absolute Gasteiger partial charge is 0.255 e. The van der Waals surface area contributed by atoms with Crippen LogP contribution >= 0.6 is 0 Å². The van der Waals surface area contributed by atoms with Crippen LogP contribution in [0.5, 0.6) is 0 Å². The SMILES string of the molecule is O=C(NCc1ccc(NC(=O)c2ccc(C(=O)Nc3ccc(NC(=O)c4ccccc4)cc3)cc2)cc1)c1ccccc1. The largest absolute Gasteiger partial charge is 0.348 e. The van der Waals surface area contributed by atoms with Gasteiger partial charge in [0.25, 0.3) is 23.6 Å². The summed E-state index contributed by atoms with van der Waals surface area (Å²) in [5, 5.41) is 11.3. The highest BCUT2D eigenvalue weighted by Gasteiger charge is 2.11. The first-order chi connectivity index (χ1) is 20.9. The van der Waals surface area contributed by atoms with Crippen molar-refractivity contribution in [3.05, 3.63) is 161 Å². The topological polar surface area (TPSA) is 116 Å². The molecule has 0 saturated heterocycles. The van der Waals surface area contributed by atoms with Gasteiger partial charge in [-0.2, -0.15) is 0 Å². The van der Waals surface area contributed by atoms with E-state index in [0.29, 0.717) is 45.9 Å². The number of hydrogen-bond donors (Lipinski definition) is 4. The second kappa shape index (κ2) is 13.6. The molecule has 0 aliphatic heterocycles. The summed E-state index contributed by atoms with van der Waals surface area (Å²) in [6.07, 6.45) is 0. The van der Waals surface area contributed by atoms with Crippen molar-refractivity contribution in [1.29, 1.82) is 0 Å². The van der Waals surface area contributed by atoms with Crippen molar-refractivity contribution >= 4 is 40.7 Å². The first-order valence-electron chi connectivity index (χ1n) is 13.6. The summed E-state index contributed by atoms with van der Waals surface area (Å²) in [6, 6.07) is 38.2. The molecule has 0 fully saturated rings. The maximum absolute atomic E-state index is 12.7. The fourth-order valence-corrected chi connectivity index (χ4v) is 4.19. The van der Waals surface area contributed by atoms with Crippen molar-refractivity contribution in [3.8, 4) is 0 Å². The lowest BCUT2D eigenvalue weighted by atomic mass is 10.1. The van der Waals surface area contributed by atoms with E-state index in [4.69, 9.17) is 0 Å². The molecule has 8 nitrogen and oxygen atoms in total. The van der Waals surface area contributed by atoms with Crippen molar-refractivity contribution in [2.45, 2.75) is 6.54 Å². The number of anilines is 3. The maximum Gasteiger partial charge on any atom is 0.255 e. The van der Waals surface area contributed by atoms with Crippen LogP contribution in [0, 0.1) is 0 Å². The number of carbonyl (C=O) groups is 4. The summed E-state index contributed by atoms with van der Waals surface area (Å²) in [5.41, 5.74) is 4.59. The molecule has 4 amide bonds. The van der Waals surface area contributed by atoms with E-state index in [1.54, 1.807) is 97.1 Å². The lowest BCUT2D eigenvalue weighted by Gasteiger charge is -2.10. The van der Waals surface area contributed by atoms with Crippen LogP contribution in [0.2, 0.25) is 0 Å². The minimum Gasteiger partial charge on any atom is -0.348 e. The first-order valence-corrected chi connectivity index (χ1v) is 13.6. The van der Waals surface area contributed by atoms with Crippen LogP contribution in [0.25, 0.3) is 0 Å². The van der Waals surface area contributed by atoms with Crippen LogP contribution < -0.4 is 21.3 Å². The Morgan fingerprint density at radius 3 is 1.09 bits per heavy atom. The molecule has 0 aliphatic carbocycles. The fraction of sp³-hybridized carbons (Fsp3) is 0.0286. The van der Waals surface area contributed by atoms with Gasteiger partial charge in [-0.15, -0.1) is 0 Å². The van der Waals surface area contributed by atoms with Crippen LogP contribution in [-0.4, -0.2) is 23.6 Å². The minimum absolute atomic E-state index is 0.155. The Labute approximate surface area is 248 Å². The number of benzene rings is 5. The molecule has 43 heavy (non-hydrogen) atoms. The van der Waals surface area contributed by atoms with Crippen LogP contribution in [-0.2, 0) is 6.54 Å². The van der Waals surface area contributed by atoms with Gasteiger partial charge in [0.1, 0.15) is 0 Å². The molecule has 0 atom stereocenters. The van der Waals surface area contributed by atoms with Gasteiger partial charge in [-0.1, -0.05) is 48.5 Å². The highest BCUT2D eigenvalue weighted by Crippen LogP contribution is 2.17. The van der Waals surface area contributed by atoms with Crippen LogP contribution in [0.3, 0.4) is 0 Å². The van der Waals surface area contributed by atoms with Gasteiger partial charge in [0.15, 0.2) is 0 Å². The van der Waals surface area contributed by atoms with E-state index >= 15 is 0 Å². The second-order valence-electron chi connectivity index (χ2n) is 9.63. The Morgan fingerprint density at radius 1 is 0.372 bits per heavy atom. The summed E-state index contributed by atoms with van der Waals surface area (Å²) in [4.78, 5) is 50.0. The summed E-state index contributed by atoms with van der Waals surface area (Å²) >= 11 is 0. The van der Waals surface area contributed by atoms with Crippen molar-refractivity contribution < 1.29 is 19.2 Å². The van der Waals surface area contributed by atoms with Crippen molar-refractivity contribution in [2.75, 3.05) is 16.0 Å². The third kappa shape index (κ3) is 7.80. The quantitative estimate of drug-likeness (QED) is 0.165. The van der Waals surface area contributed by atoms with Crippen LogP contribution in [0.1, 0.15) is 47.0 Å². The Morgan fingerprint density at radius 2 is 0.698 bits per heavy atom. The zero-order valence-electron chi connectivity index (χ0n) is 23.0. The van der Waals surface area contributed by atoms with E-state index in [1.165, 1.54) is 0 Å². The van der Waals surface area contributed by atoms with Crippen molar-refractivity contribution in [3.63, 3.8) is 0 Å². The molecule has 0 spiro atoms. The summed E-state index contributed by atoms with van der Waals surface area (Å²) < 4.78 is 0. The Kier molecular flexibility index (Phi) is 8.99. The van der Waals surface area contributed by atoms with Crippen molar-refractivity contribution in [1.82, 2.24) is 5.32 Å². The zero-order chi connectivity index (χ0) is 30.0. The molecule has 5 aromatic rings. The molecule has 8 heteroatoms. The molecule has 0 aliphatic rings. The standard InChI is InChI=1S/C35H28N4O4/c40-32(25-7-3-1-4-8-25)36-23-24-11-17-29(18-12-24)37-34(42)27-13-15-28(16-14-27)35(43)39-31-21-19-30(20-22-31)38-33(41)26-9-5-2-6-10-26/h1-22H,23H2,(H,36,40)(H,37,42)(H,38,41)(H,39,43). The predicted octanol–water partition coefficient (Wildman–Crippen LogP) is 6.37. The predicted molar refractivity (Wildman–Crippen MR) is 167 cm³/mol. The third-order valence-corrected chi connectivity index (χ3v) is 6.55. The fourth-order valence-electron chi connectivity index (χ4n) is 4.19. The summed E-state index contributed by atoms with van der Waals surface area (Å²) in [7, 11) is 0. The zero-order valence-corrected chi connectivity index (χ0v) is 23.0. The van der Waals surface area contributed by atoms with Gasteiger partial charge >= 0.3 is 0 Å². The third-order valence-electron chi connectivity index (χ3n) is 6.55. The van der Waals surface area contributed by atoms with E-state index in [9.17, 15) is 19.2 Å². The summed E-state index contributed by atoms with van der Waals surface area (Å²) in [5.74, 6) is -1.02. The molecule has 0 unspecified atom stereocenters. The average molecular weight is 569 g/mol.